The van der Waals surface area contributed by atoms with Gasteiger partial charge in [-0.1, -0.05) is 20.8 Å². The Labute approximate surface area is 98.7 Å². The van der Waals surface area contributed by atoms with Crippen molar-refractivity contribution in [3.8, 4) is 0 Å². The third-order valence-corrected chi connectivity index (χ3v) is 2.90. The zero-order chi connectivity index (χ0) is 12.0. The van der Waals surface area contributed by atoms with Gasteiger partial charge in [0, 0.05) is 18.4 Å². The molecule has 1 N–H and O–H groups in total. The van der Waals surface area contributed by atoms with E-state index in [-0.39, 0.29) is 5.41 Å². The van der Waals surface area contributed by atoms with E-state index < -0.39 is 0 Å². The van der Waals surface area contributed by atoms with Crippen LogP contribution in [-0.2, 0) is 5.41 Å². The van der Waals surface area contributed by atoms with Crippen LogP contribution < -0.4 is 5.32 Å². The molecule has 1 atom stereocenters. The number of hydrogen-bond donors (Lipinski definition) is 1. The highest BCUT2D eigenvalue weighted by Crippen LogP contribution is 2.26. The van der Waals surface area contributed by atoms with Gasteiger partial charge in [-0.25, -0.2) is 9.97 Å². The van der Waals surface area contributed by atoms with E-state index in [1.807, 2.05) is 12.4 Å². The maximum Gasteiger partial charge on any atom is 0.115 e. The van der Waals surface area contributed by atoms with E-state index >= 15 is 0 Å². The lowest BCUT2D eigenvalue weighted by molar-refractivity contribution is 0.388. The number of aromatic nitrogens is 2. The van der Waals surface area contributed by atoms with Crippen LogP contribution in [0.3, 0.4) is 0 Å². The van der Waals surface area contributed by atoms with E-state index in [4.69, 9.17) is 0 Å². The van der Waals surface area contributed by atoms with Crippen molar-refractivity contribution in [2.75, 3.05) is 6.54 Å². The molecule has 0 bridgehead atoms. The van der Waals surface area contributed by atoms with E-state index in [0.29, 0.717) is 6.04 Å². The van der Waals surface area contributed by atoms with Crippen molar-refractivity contribution in [3.05, 3.63) is 24.3 Å². The lowest BCUT2D eigenvalue weighted by Gasteiger charge is -2.28. The minimum absolute atomic E-state index is 0.126. The Morgan fingerprint density at radius 1 is 1.31 bits per heavy atom. The molecule has 0 aliphatic carbocycles. The Hall–Kier alpha value is -0.960. The molecule has 1 heterocycles. The molecule has 16 heavy (non-hydrogen) atoms. The molecule has 0 amide bonds. The van der Waals surface area contributed by atoms with E-state index in [1.54, 1.807) is 6.33 Å². The van der Waals surface area contributed by atoms with Crippen LogP contribution in [-0.4, -0.2) is 22.6 Å². The topological polar surface area (TPSA) is 37.8 Å². The predicted molar refractivity (Wildman–Crippen MR) is 67.4 cm³/mol. The molecule has 0 spiro atoms. The lowest BCUT2D eigenvalue weighted by Crippen LogP contribution is -2.33. The van der Waals surface area contributed by atoms with Gasteiger partial charge in [0.1, 0.15) is 6.33 Å². The summed E-state index contributed by atoms with van der Waals surface area (Å²) >= 11 is 0. The monoisotopic (exact) mass is 221 g/mol. The first kappa shape index (κ1) is 13.1. The van der Waals surface area contributed by atoms with Crippen molar-refractivity contribution in [3.63, 3.8) is 0 Å². The van der Waals surface area contributed by atoms with Gasteiger partial charge in [0.2, 0.25) is 0 Å². The molecule has 90 valence electrons. The van der Waals surface area contributed by atoms with E-state index in [9.17, 15) is 0 Å². The molecule has 0 saturated heterocycles. The molecule has 0 saturated carbocycles. The summed E-state index contributed by atoms with van der Waals surface area (Å²) in [6.45, 7) is 10.0. The quantitative estimate of drug-likeness (QED) is 0.802. The second-order valence-electron chi connectivity index (χ2n) is 5.07. The zero-order valence-corrected chi connectivity index (χ0v) is 10.8. The van der Waals surface area contributed by atoms with Crippen molar-refractivity contribution < 1.29 is 0 Å². The van der Waals surface area contributed by atoms with Gasteiger partial charge in [-0.15, -0.1) is 0 Å². The highest BCUT2D eigenvalue weighted by atomic mass is 14.9. The van der Waals surface area contributed by atoms with Crippen LogP contribution in [0.4, 0.5) is 0 Å². The van der Waals surface area contributed by atoms with Crippen LogP contribution in [0.5, 0.6) is 0 Å². The number of nitrogens with one attached hydrogen (secondary N) is 1. The normalized spacial score (nSPS) is 13.8. The van der Waals surface area contributed by atoms with Crippen molar-refractivity contribution >= 4 is 0 Å². The van der Waals surface area contributed by atoms with Crippen LogP contribution in [0.1, 0.15) is 46.1 Å². The first-order valence-electron chi connectivity index (χ1n) is 6.05. The fourth-order valence-corrected chi connectivity index (χ4v) is 1.99. The van der Waals surface area contributed by atoms with Gasteiger partial charge in [0.05, 0.1) is 0 Å². The van der Waals surface area contributed by atoms with Gasteiger partial charge < -0.3 is 5.32 Å². The van der Waals surface area contributed by atoms with Crippen molar-refractivity contribution in [2.45, 2.75) is 52.0 Å². The fourth-order valence-electron chi connectivity index (χ4n) is 1.99. The molecular weight excluding hydrogens is 198 g/mol. The molecule has 1 rings (SSSR count). The summed E-state index contributed by atoms with van der Waals surface area (Å²) in [7, 11) is 0. The van der Waals surface area contributed by atoms with Crippen LogP contribution in [0, 0.1) is 0 Å². The molecule has 1 aromatic rings. The van der Waals surface area contributed by atoms with Gasteiger partial charge in [0.15, 0.2) is 0 Å². The molecule has 1 aromatic heterocycles. The lowest BCUT2D eigenvalue weighted by atomic mass is 9.81. The standard InChI is InChI=1S/C13H23N3/c1-5-6-16-11(2)7-13(3,4)12-8-14-10-15-9-12/h8-11,16H,5-7H2,1-4H3. The van der Waals surface area contributed by atoms with Gasteiger partial charge in [0.25, 0.3) is 0 Å². The molecule has 0 fully saturated rings. The van der Waals surface area contributed by atoms with Crippen LogP contribution in [0.15, 0.2) is 18.7 Å². The summed E-state index contributed by atoms with van der Waals surface area (Å²) in [6.07, 6.45) is 7.69. The van der Waals surface area contributed by atoms with Gasteiger partial charge in [-0.3, -0.25) is 0 Å². The average Bonchev–Trinajstić information content (AvgIpc) is 2.27. The maximum atomic E-state index is 4.09. The molecular formula is C13H23N3. The summed E-state index contributed by atoms with van der Waals surface area (Å²) < 4.78 is 0. The SMILES string of the molecule is CCCNC(C)CC(C)(C)c1cncnc1. The number of rotatable bonds is 6. The third-order valence-electron chi connectivity index (χ3n) is 2.90. The van der Waals surface area contributed by atoms with Crippen LogP contribution in [0.25, 0.3) is 0 Å². The minimum Gasteiger partial charge on any atom is -0.314 e. The van der Waals surface area contributed by atoms with E-state index in [2.05, 4.69) is 43.0 Å². The molecule has 0 aromatic carbocycles. The van der Waals surface area contributed by atoms with E-state index in [0.717, 1.165) is 13.0 Å². The molecule has 0 aliphatic heterocycles. The van der Waals surface area contributed by atoms with Crippen molar-refractivity contribution in [1.82, 2.24) is 15.3 Å². The average molecular weight is 221 g/mol. The molecule has 1 unspecified atom stereocenters. The van der Waals surface area contributed by atoms with Crippen LogP contribution in [0.2, 0.25) is 0 Å². The Morgan fingerprint density at radius 2 is 1.94 bits per heavy atom. The van der Waals surface area contributed by atoms with Gasteiger partial charge >= 0.3 is 0 Å². The predicted octanol–water partition coefficient (Wildman–Crippen LogP) is 2.53. The summed E-state index contributed by atoms with van der Waals surface area (Å²) in [5, 5.41) is 3.52. The summed E-state index contributed by atoms with van der Waals surface area (Å²) in [5.74, 6) is 0. The first-order chi connectivity index (χ1) is 7.56. The minimum atomic E-state index is 0.126. The molecule has 3 nitrogen and oxygen atoms in total. The Morgan fingerprint density at radius 3 is 2.50 bits per heavy atom. The largest absolute Gasteiger partial charge is 0.314 e. The Balaban J connectivity index is 2.58. The highest BCUT2D eigenvalue weighted by Gasteiger charge is 2.23. The first-order valence-corrected chi connectivity index (χ1v) is 6.05. The Kier molecular flexibility index (Phi) is 4.87. The van der Waals surface area contributed by atoms with Crippen LogP contribution >= 0.6 is 0 Å². The van der Waals surface area contributed by atoms with Gasteiger partial charge in [-0.05, 0) is 37.3 Å². The van der Waals surface area contributed by atoms with Crippen molar-refractivity contribution in [1.29, 1.82) is 0 Å². The summed E-state index contributed by atoms with van der Waals surface area (Å²) in [4.78, 5) is 8.18. The molecule has 3 heteroatoms. The smallest absolute Gasteiger partial charge is 0.115 e. The van der Waals surface area contributed by atoms with Crippen molar-refractivity contribution in [2.24, 2.45) is 0 Å². The number of hydrogen-bond acceptors (Lipinski definition) is 3. The fraction of sp³-hybridized carbons (Fsp3) is 0.692. The molecule has 0 aliphatic rings. The highest BCUT2D eigenvalue weighted by molar-refractivity contribution is 5.16. The maximum absolute atomic E-state index is 4.09. The Bertz CT molecular complexity index is 295. The second kappa shape index (κ2) is 5.94. The summed E-state index contributed by atoms with van der Waals surface area (Å²) in [6, 6.07) is 0.523. The molecule has 0 radical (unpaired) electrons. The van der Waals surface area contributed by atoms with E-state index in [1.165, 1.54) is 12.0 Å². The second-order valence-corrected chi connectivity index (χ2v) is 5.07. The number of nitrogens with zero attached hydrogens (tertiary/aromatic N) is 2. The van der Waals surface area contributed by atoms with Gasteiger partial charge in [-0.2, -0.15) is 0 Å². The third kappa shape index (κ3) is 3.89. The summed E-state index contributed by atoms with van der Waals surface area (Å²) in [5.41, 5.74) is 1.33. The zero-order valence-electron chi connectivity index (χ0n) is 10.8.